The van der Waals surface area contributed by atoms with Crippen molar-refractivity contribution in [3.05, 3.63) is 27.8 Å². The molecule has 2 heterocycles. The summed E-state index contributed by atoms with van der Waals surface area (Å²) in [7, 11) is 0. The maximum absolute atomic E-state index is 5.53. The van der Waals surface area contributed by atoms with E-state index in [1.54, 1.807) is 11.3 Å². The Balaban J connectivity index is 1.85. The van der Waals surface area contributed by atoms with Crippen LogP contribution in [-0.4, -0.2) is 21.7 Å². The maximum atomic E-state index is 5.53. The Morgan fingerprint density at radius 3 is 2.89 bits per heavy atom. The molecule has 0 saturated heterocycles. The molecule has 0 saturated carbocycles. The molecular weight excluding hydrogens is 260 g/mol. The van der Waals surface area contributed by atoms with Gasteiger partial charge in [0, 0.05) is 17.5 Å². The molecule has 0 aliphatic heterocycles. The van der Waals surface area contributed by atoms with Gasteiger partial charge in [-0.2, -0.15) is 4.98 Å². The van der Waals surface area contributed by atoms with Crippen molar-refractivity contribution in [2.24, 2.45) is 11.7 Å². The highest BCUT2D eigenvalue weighted by Crippen LogP contribution is 2.14. The highest BCUT2D eigenvalue weighted by atomic mass is 32.1. The summed E-state index contributed by atoms with van der Waals surface area (Å²) in [4.78, 5) is 8.80. The van der Waals surface area contributed by atoms with Gasteiger partial charge in [-0.15, -0.1) is 11.3 Å². The van der Waals surface area contributed by atoms with Crippen molar-refractivity contribution in [3.8, 4) is 0 Å². The number of aromatic nitrogens is 3. The van der Waals surface area contributed by atoms with Crippen LogP contribution in [0.3, 0.4) is 0 Å². The molecule has 2 N–H and O–H groups in total. The molecule has 0 amide bonds. The molecule has 1 atom stereocenters. The molecule has 6 heteroatoms. The average molecular weight is 280 g/mol. The maximum Gasteiger partial charge on any atom is 0.226 e. The van der Waals surface area contributed by atoms with Crippen molar-refractivity contribution < 1.29 is 4.52 Å². The van der Waals surface area contributed by atoms with Crippen LogP contribution in [0.2, 0.25) is 0 Å². The fraction of sp³-hybridized carbons (Fsp3) is 0.615. The van der Waals surface area contributed by atoms with Crippen molar-refractivity contribution in [2.45, 2.75) is 39.5 Å². The Morgan fingerprint density at radius 1 is 1.37 bits per heavy atom. The van der Waals surface area contributed by atoms with Crippen LogP contribution in [-0.2, 0) is 12.8 Å². The summed E-state index contributed by atoms with van der Waals surface area (Å²) in [5, 5.41) is 7.06. The highest BCUT2D eigenvalue weighted by Gasteiger charge is 2.10. The first-order chi connectivity index (χ1) is 9.17. The Kier molecular flexibility index (Phi) is 5.04. The first kappa shape index (κ1) is 14.1. The number of nitrogens with zero attached hydrogens (tertiary/aromatic N) is 3. The topological polar surface area (TPSA) is 77.8 Å². The molecule has 0 aromatic carbocycles. The molecule has 1 unspecified atom stereocenters. The van der Waals surface area contributed by atoms with E-state index in [9.17, 15) is 0 Å². The van der Waals surface area contributed by atoms with Gasteiger partial charge >= 0.3 is 0 Å². The van der Waals surface area contributed by atoms with Gasteiger partial charge in [0.1, 0.15) is 5.01 Å². The van der Waals surface area contributed by atoms with Gasteiger partial charge in [-0.1, -0.05) is 12.1 Å². The summed E-state index contributed by atoms with van der Waals surface area (Å²) in [6, 6.07) is 0. The minimum atomic E-state index is 0.599. The second-order valence-corrected chi connectivity index (χ2v) is 5.83. The third-order valence-corrected chi connectivity index (χ3v) is 3.96. The first-order valence-electron chi connectivity index (χ1n) is 6.60. The Hall–Kier alpha value is -1.27. The van der Waals surface area contributed by atoms with Crippen molar-refractivity contribution in [2.75, 3.05) is 6.54 Å². The number of hydrogen-bond donors (Lipinski definition) is 1. The van der Waals surface area contributed by atoms with Gasteiger partial charge in [0.05, 0.1) is 6.42 Å². The van der Waals surface area contributed by atoms with Crippen molar-refractivity contribution in [1.29, 1.82) is 0 Å². The number of aryl methyl sites for hydroxylation is 2. The van der Waals surface area contributed by atoms with Crippen LogP contribution < -0.4 is 5.73 Å². The molecule has 0 fully saturated rings. The Labute approximate surface area is 117 Å². The smallest absolute Gasteiger partial charge is 0.226 e. The summed E-state index contributed by atoms with van der Waals surface area (Å²) in [5.41, 5.74) is 6.57. The summed E-state index contributed by atoms with van der Waals surface area (Å²) < 4.78 is 5.26. The fourth-order valence-corrected chi connectivity index (χ4v) is 2.65. The largest absolute Gasteiger partial charge is 0.339 e. The third kappa shape index (κ3) is 4.40. The standard InChI is InChI=1S/C13H20N4OS/c1-9(5-6-14)3-4-12-16-11(17-18-12)7-13-15-10(2)8-19-13/h8-9H,3-7,14H2,1-2H3. The van der Waals surface area contributed by atoms with E-state index in [-0.39, 0.29) is 0 Å². The molecule has 0 bridgehead atoms. The minimum Gasteiger partial charge on any atom is -0.339 e. The lowest BCUT2D eigenvalue weighted by molar-refractivity contribution is 0.358. The molecule has 0 aliphatic rings. The van der Waals surface area contributed by atoms with Gasteiger partial charge in [0.2, 0.25) is 5.89 Å². The molecule has 5 nitrogen and oxygen atoms in total. The lowest BCUT2D eigenvalue weighted by atomic mass is 10.0. The van der Waals surface area contributed by atoms with Gasteiger partial charge in [-0.05, 0) is 32.2 Å². The van der Waals surface area contributed by atoms with Gasteiger partial charge in [0.15, 0.2) is 5.82 Å². The lowest BCUT2D eigenvalue weighted by Gasteiger charge is -2.06. The van der Waals surface area contributed by atoms with E-state index in [0.29, 0.717) is 18.2 Å². The van der Waals surface area contributed by atoms with E-state index in [4.69, 9.17) is 10.3 Å². The molecular formula is C13H20N4OS. The van der Waals surface area contributed by atoms with Crippen LogP contribution in [0.5, 0.6) is 0 Å². The summed E-state index contributed by atoms with van der Waals surface area (Å²) in [5.74, 6) is 2.03. The van der Waals surface area contributed by atoms with Gasteiger partial charge in [-0.25, -0.2) is 4.98 Å². The Morgan fingerprint density at radius 2 is 2.21 bits per heavy atom. The number of rotatable bonds is 7. The van der Waals surface area contributed by atoms with Gasteiger partial charge in [0.25, 0.3) is 0 Å². The zero-order chi connectivity index (χ0) is 13.7. The molecule has 2 aromatic heterocycles. The average Bonchev–Trinajstić information content (AvgIpc) is 2.97. The van der Waals surface area contributed by atoms with Crippen molar-refractivity contribution >= 4 is 11.3 Å². The van der Waals surface area contributed by atoms with Crippen LogP contribution in [0.25, 0.3) is 0 Å². The molecule has 19 heavy (non-hydrogen) atoms. The quantitative estimate of drug-likeness (QED) is 0.842. The molecule has 2 aromatic rings. The summed E-state index contributed by atoms with van der Waals surface area (Å²) in [6.07, 6.45) is 3.56. The summed E-state index contributed by atoms with van der Waals surface area (Å²) >= 11 is 1.63. The second kappa shape index (κ2) is 6.77. The predicted molar refractivity (Wildman–Crippen MR) is 75.1 cm³/mol. The highest BCUT2D eigenvalue weighted by molar-refractivity contribution is 7.09. The van der Waals surface area contributed by atoms with E-state index < -0.39 is 0 Å². The van der Waals surface area contributed by atoms with E-state index in [2.05, 4.69) is 22.0 Å². The van der Waals surface area contributed by atoms with Crippen LogP contribution in [0.1, 0.15) is 42.2 Å². The third-order valence-electron chi connectivity index (χ3n) is 3.00. The molecule has 2 rings (SSSR count). The van der Waals surface area contributed by atoms with Crippen LogP contribution >= 0.6 is 11.3 Å². The summed E-state index contributed by atoms with van der Waals surface area (Å²) in [6.45, 7) is 4.92. The Bertz CT molecular complexity index is 508. The van der Waals surface area contributed by atoms with Crippen LogP contribution in [0, 0.1) is 12.8 Å². The molecule has 0 radical (unpaired) electrons. The van der Waals surface area contributed by atoms with E-state index in [1.165, 1.54) is 0 Å². The number of thiazole rings is 1. The molecule has 0 aliphatic carbocycles. The lowest BCUT2D eigenvalue weighted by Crippen LogP contribution is -2.06. The van der Waals surface area contributed by atoms with Crippen molar-refractivity contribution in [1.82, 2.24) is 15.1 Å². The fourth-order valence-electron chi connectivity index (χ4n) is 1.88. The SMILES string of the molecule is Cc1csc(Cc2noc(CCC(C)CCN)n2)n1. The number of nitrogens with two attached hydrogens (primary N) is 1. The predicted octanol–water partition coefficient (Wildman–Crippen LogP) is 2.34. The zero-order valence-corrected chi connectivity index (χ0v) is 12.2. The van der Waals surface area contributed by atoms with Gasteiger partial charge < -0.3 is 10.3 Å². The minimum absolute atomic E-state index is 0.599. The normalized spacial score (nSPS) is 12.8. The molecule has 0 spiro atoms. The molecule has 104 valence electrons. The van der Waals surface area contributed by atoms with Crippen LogP contribution in [0.15, 0.2) is 9.90 Å². The van der Waals surface area contributed by atoms with E-state index >= 15 is 0 Å². The van der Waals surface area contributed by atoms with Gasteiger partial charge in [-0.3, -0.25) is 0 Å². The number of hydrogen-bond acceptors (Lipinski definition) is 6. The first-order valence-corrected chi connectivity index (χ1v) is 7.48. The van der Waals surface area contributed by atoms with E-state index in [1.807, 2.05) is 12.3 Å². The zero-order valence-electron chi connectivity index (χ0n) is 11.4. The van der Waals surface area contributed by atoms with Crippen molar-refractivity contribution in [3.63, 3.8) is 0 Å². The monoisotopic (exact) mass is 280 g/mol. The van der Waals surface area contributed by atoms with E-state index in [0.717, 1.165) is 42.3 Å². The second-order valence-electron chi connectivity index (χ2n) is 4.88. The van der Waals surface area contributed by atoms with Crippen LogP contribution in [0.4, 0.5) is 0 Å².